The number of ether oxygens (including phenoxy) is 1. The van der Waals surface area contributed by atoms with Crippen molar-refractivity contribution >= 4 is 34.9 Å². The van der Waals surface area contributed by atoms with Gasteiger partial charge in [-0.2, -0.15) is 0 Å². The summed E-state index contributed by atoms with van der Waals surface area (Å²) < 4.78 is 5.33. The van der Waals surface area contributed by atoms with Crippen molar-refractivity contribution in [3.8, 4) is 5.75 Å². The van der Waals surface area contributed by atoms with Crippen LogP contribution in [0.2, 0.25) is 0 Å². The van der Waals surface area contributed by atoms with Gasteiger partial charge in [-0.3, -0.25) is 14.4 Å². The van der Waals surface area contributed by atoms with Crippen molar-refractivity contribution in [2.24, 2.45) is 5.92 Å². The molecule has 0 aliphatic heterocycles. The summed E-state index contributed by atoms with van der Waals surface area (Å²) in [6.45, 7) is 3.88. The first kappa shape index (κ1) is 24.9. The fourth-order valence-electron chi connectivity index (χ4n) is 3.33. The third kappa shape index (κ3) is 6.57. The van der Waals surface area contributed by atoms with Crippen LogP contribution in [0.1, 0.15) is 43.6 Å². The monoisotopic (exact) mass is 444 g/mol. The topological polar surface area (TPSA) is 121 Å². The number of aldehydes is 1. The number of carbonyl (C=O) groups is 4. The summed E-state index contributed by atoms with van der Waals surface area (Å²) in [5.74, 6) is -0.272. The van der Waals surface area contributed by atoms with Gasteiger partial charge in [-0.1, -0.05) is 19.9 Å². The van der Waals surface area contributed by atoms with Crippen molar-refractivity contribution in [2.45, 2.75) is 45.2 Å². The van der Waals surface area contributed by atoms with Gasteiger partial charge in [0.2, 0.25) is 11.8 Å². The Kier molecular flexibility index (Phi) is 8.80. The third-order valence-corrected chi connectivity index (χ3v) is 5.08. The number of methoxy groups -OCH3 is 1. The van der Waals surface area contributed by atoms with E-state index in [1.165, 1.54) is 4.90 Å². The van der Waals surface area contributed by atoms with Crippen LogP contribution >= 0.6 is 0 Å². The molecule has 0 radical (unpaired) electrons. The van der Waals surface area contributed by atoms with Crippen molar-refractivity contribution < 1.29 is 23.9 Å². The minimum Gasteiger partial charge on any atom is -0.496 e. The summed E-state index contributed by atoms with van der Waals surface area (Å²) in [7, 11) is 4.81. The number of H-pyrrole nitrogens is 1. The zero-order valence-corrected chi connectivity index (χ0v) is 19.2. The molecular weight excluding hydrogens is 412 g/mol. The van der Waals surface area contributed by atoms with Crippen LogP contribution in [-0.4, -0.2) is 67.2 Å². The number of fused-ring (bicyclic) bond motifs is 1. The normalized spacial score (nSPS) is 12.8. The number of rotatable bonds is 11. The fraction of sp³-hybridized carbons (Fsp3) is 0.478. The summed E-state index contributed by atoms with van der Waals surface area (Å²) in [4.78, 5) is 53.4. The molecule has 0 unspecified atom stereocenters. The minimum atomic E-state index is -0.831. The van der Waals surface area contributed by atoms with Gasteiger partial charge in [0.15, 0.2) is 0 Å². The maximum atomic E-state index is 12.9. The molecule has 9 nitrogen and oxygen atoms in total. The highest BCUT2D eigenvalue weighted by molar-refractivity contribution is 6.01. The van der Waals surface area contributed by atoms with E-state index in [9.17, 15) is 19.2 Å². The lowest BCUT2D eigenvalue weighted by Crippen LogP contribution is -2.50. The molecule has 1 aromatic heterocycles. The molecule has 0 fully saturated rings. The third-order valence-electron chi connectivity index (χ3n) is 5.08. The van der Waals surface area contributed by atoms with Crippen molar-refractivity contribution in [1.82, 2.24) is 20.5 Å². The van der Waals surface area contributed by atoms with E-state index >= 15 is 0 Å². The molecule has 0 aliphatic rings. The first-order valence-electron chi connectivity index (χ1n) is 10.6. The predicted octanol–water partition coefficient (Wildman–Crippen LogP) is 1.87. The van der Waals surface area contributed by atoms with Crippen molar-refractivity contribution in [2.75, 3.05) is 21.2 Å². The Hall–Kier alpha value is -3.36. The molecule has 9 heteroatoms. The molecule has 2 rings (SSSR count). The van der Waals surface area contributed by atoms with Crippen molar-refractivity contribution in [3.63, 3.8) is 0 Å². The van der Waals surface area contributed by atoms with Gasteiger partial charge in [-0.25, -0.2) is 0 Å². The Balaban J connectivity index is 2.11. The Morgan fingerprint density at radius 3 is 2.50 bits per heavy atom. The Labute approximate surface area is 187 Å². The molecule has 3 N–H and O–H groups in total. The molecule has 1 aromatic carbocycles. The SMILES string of the molecule is COc1cccc2[nH]c(C(=O)N[C@@H](CC(C)C)C(=O)N[C@H](C=O)CCC(=O)N(C)C)cc12. The molecule has 0 spiro atoms. The van der Waals surface area contributed by atoms with E-state index in [4.69, 9.17) is 4.74 Å². The molecule has 0 saturated carbocycles. The smallest absolute Gasteiger partial charge is 0.268 e. The molecule has 1 heterocycles. The maximum Gasteiger partial charge on any atom is 0.268 e. The lowest BCUT2D eigenvalue weighted by molar-refractivity contribution is -0.130. The Morgan fingerprint density at radius 2 is 1.91 bits per heavy atom. The number of amides is 3. The van der Waals surface area contributed by atoms with Crippen LogP contribution in [0.3, 0.4) is 0 Å². The second kappa shape index (κ2) is 11.3. The highest BCUT2D eigenvalue weighted by atomic mass is 16.5. The van der Waals surface area contributed by atoms with Gasteiger partial charge in [0.1, 0.15) is 23.8 Å². The maximum absolute atomic E-state index is 12.9. The average molecular weight is 445 g/mol. The number of nitrogens with one attached hydrogen (secondary N) is 3. The van der Waals surface area contributed by atoms with Crippen LogP contribution in [0.25, 0.3) is 10.9 Å². The Morgan fingerprint density at radius 1 is 1.19 bits per heavy atom. The summed E-state index contributed by atoms with van der Waals surface area (Å²) in [5.41, 5.74) is 1.04. The quantitative estimate of drug-likeness (QED) is 0.457. The van der Waals surface area contributed by atoms with E-state index in [2.05, 4.69) is 15.6 Å². The largest absolute Gasteiger partial charge is 0.496 e. The highest BCUT2D eigenvalue weighted by Gasteiger charge is 2.26. The van der Waals surface area contributed by atoms with Gasteiger partial charge < -0.3 is 30.0 Å². The van der Waals surface area contributed by atoms with Gasteiger partial charge in [-0.15, -0.1) is 0 Å². The summed E-state index contributed by atoms with van der Waals surface area (Å²) >= 11 is 0. The number of hydrogen-bond donors (Lipinski definition) is 3. The van der Waals surface area contributed by atoms with Gasteiger partial charge in [0.25, 0.3) is 5.91 Å². The van der Waals surface area contributed by atoms with Crippen LogP contribution in [0, 0.1) is 5.92 Å². The molecule has 0 saturated heterocycles. The van der Waals surface area contributed by atoms with Crippen molar-refractivity contribution in [1.29, 1.82) is 0 Å². The molecular formula is C23H32N4O5. The first-order chi connectivity index (χ1) is 15.2. The number of hydrogen-bond acceptors (Lipinski definition) is 5. The van der Waals surface area contributed by atoms with E-state index in [0.717, 1.165) is 10.9 Å². The van der Waals surface area contributed by atoms with Gasteiger partial charge >= 0.3 is 0 Å². The van der Waals surface area contributed by atoms with Gasteiger partial charge in [0, 0.05) is 31.4 Å². The van der Waals surface area contributed by atoms with E-state index < -0.39 is 23.9 Å². The zero-order valence-electron chi connectivity index (χ0n) is 19.2. The second-order valence-electron chi connectivity index (χ2n) is 8.34. The van der Waals surface area contributed by atoms with Crippen LogP contribution < -0.4 is 15.4 Å². The number of carbonyl (C=O) groups excluding carboxylic acids is 4. The van der Waals surface area contributed by atoms with Crippen LogP contribution in [-0.2, 0) is 14.4 Å². The number of aromatic amines is 1. The molecule has 2 aromatic rings. The second-order valence-corrected chi connectivity index (χ2v) is 8.34. The zero-order chi connectivity index (χ0) is 23.8. The molecule has 174 valence electrons. The highest BCUT2D eigenvalue weighted by Crippen LogP contribution is 2.26. The molecule has 2 atom stereocenters. The van der Waals surface area contributed by atoms with Gasteiger partial charge in [0.05, 0.1) is 13.2 Å². The van der Waals surface area contributed by atoms with Crippen LogP contribution in [0.15, 0.2) is 24.3 Å². The van der Waals surface area contributed by atoms with E-state index in [0.29, 0.717) is 24.2 Å². The van der Waals surface area contributed by atoms with E-state index in [1.807, 2.05) is 26.0 Å². The molecule has 32 heavy (non-hydrogen) atoms. The minimum absolute atomic E-state index is 0.124. The predicted molar refractivity (Wildman–Crippen MR) is 121 cm³/mol. The number of nitrogens with zero attached hydrogens (tertiary/aromatic N) is 1. The van der Waals surface area contributed by atoms with E-state index in [1.54, 1.807) is 33.3 Å². The van der Waals surface area contributed by atoms with Crippen LogP contribution in [0.5, 0.6) is 5.75 Å². The molecule has 0 bridgehead atoms. The summed E-state index contributed by atoms with van der Waals surface area (Å²) in [6, 6.07) is 5.48. The number of benzene rings is 1. The fourth-order valence-corrected chi connectivity index (χ4v) is 3.33. The average Bonchev–Trinajstić information content (AvgIpc) is 3.19. The molecule has 3 amide bonds. The van der Waals surface area contributed by atoms with Gasteiger partial charge in [-0.05, 0) is 37.0 Å². The lowest BCUT2D eigenvalue weighted by atomic mass is 10.0. The lowest BCUT2D eigenvalue weighted by Gasteiger charge is -2.22. The number of aromatic nitrogens is 1. The summed E-state index contributed by atoms with van der Waals surface area (Å²) in [5, 5.41) is 6.17. The standard InChI is InChI=1S/C23H32N4O5/c1-14(2)11-18(22(30)24-15(13-28)9-10-21(29)27(3)4)26-23(31)19-12-16-17(25-19)7-6-8-20(16)32-5/h6-8,12-15,18,25H,9-11H2,1-5H3,(H,24,30)(H,26,31)/t15-,18-/m0/s1. The van der Waals surface area contributed by atoms with Crippen LogP contribution in [0.4, 0.5) is 0 Å². The van der Waals surface area contributed by atoms with E-state index in [-0.39, 0.29) is 24.7 Å². The van der Waals surface area contributed by atoms with Crippen molar-refractivity contribution in [3.05, 3.63) is 30.0 Å². The summed E-state index contributed by atoms with van der Waals surface area (Å²) in [6.07, 6.45) is 1.33. The molecule has 0 aliphatic carbocycles. The first-order valence-corrected chi connectivity index (χ1v) is 10.6. The Bertz CT molecular complexity index is 966.